The van der Waals surface area contributed by atoms with Crippen LogP contribution in [0.2, 0.25) is 0 Å². The van der Waals surface area contributed by atoms with Gasteiger partial charge in [-0.25, -0.2) is 4.39 Å². The van der Waals surface area contributed by atoms with Gasteiger partial charge in [-0.3, -0.25) is 9.69 Å². The monoisotopic (exact) mass is 293 g/mol. The second-order valence-corrected chi connectivity index (χ2v) is 5.68. The molecule has 1 aliphatic heterocycles. The summed E-state index contributed by atoms with van der Waals surface area (Å²) >= 11 is 0. The van der Waals surface area contributed by atoms with Gasteiger partial charge in [0.2, 0.25) is 5.91 Å². The lowest BCUT2D eigenvalue weighted by atomic mass is 10.0. The predicted molar refractivity (Wildman–Crippen MR) is 82.7 cm³/mol. The summed E-state index contributed by atoms with van der Waals surface area (Å²) in [6, 6.07) is 5.14. The van der Waals surface area contributed by atoms with Gasteiger partial charge in [0, 0.05) is 31.2 Å². The molecular formula is C16H24FN3O. The number of nitrogens with one attached hydrogen (secondary N) is 1. The number of nitrogens with zero attached hydrogens (tertiary/aromatic N) is 1. The molecule has 1 aromatic carbocycles. The summed E-state index contributed by atoms with van der Waals surface area (Å²) in [5.41, 5.74) is 6.86. The Labute approximate surface area is 125 Å². The van der Waals surface area contributed by atoms with Gasteiger partial charge >= 0.3 is 0 Å². The standard InChI is InChI=1S/C16H24FN3O/c1-12-5-6-13(10-15(12)17)19-16(21)7-9-20-8-3-2-4-14(20)11-18/h5-6,10,14H,2-4,7-9,11,18H2,1H3,(H,19,21). The number of nitrogens with two attached hydrogens (primary N) is 1. The highest BCUT2D eigenvalue weighted by atomic mass is 19.1. The van der Waals surface area contributed by atoms with Crippen molar-refractivity contribution in [2.45, 2.75) is 38.6 Å². The first-order chi connectivity index (χ1) is 10.1. The molecule has 1 aromatic rings. The molecule has 0 radical (unpaired) electrons. The van der Waals surface area contributed by atoms with Crippen molar-refractivity contribution in [1.82, 2.24) is 4.90 Å². The van der Waals surface area contributed by atoms with E-state index in [0.29, 0.717) is 36.8 Å². The second-order valence-electron chi connectivity index (χ2n) is 5.68. The van der Waals surface area contributed by atoms with E-state index in [-0.39, 0.29) is 11.7 Å². The Morgan fingerprint density at radius 3 is 3.00 bits per heavy atom. The van der Waals surface area contributed by atoms with Gasteiger partial charge in [0.25, 0.3) is 0 Å². The molecule has 1 fully saturated rings. The number of likely N-dealkylation sites (tertiary alicyclic amines) is 1. The van der Waals surface area contributed by atoms with Crippen molar-refractivity contribution in [2.24, 2.45) is 5.73 Å². The van der Waals surface area contributed by atoms with Crippen molar-refractivity contribution in [3.05, 3.63) is 29.6 Å². The molecule has 2 rings (SSSR count). The van der Waals surface area contributed by atoms with E-state index in [1.165, 1.54) is 18.9 Å². The first-order valence-corrected chi connectivity index (χ1v) is 7.60. The third kappa shape index (κ3) is 4.51. The molecule has 1 saturated heterocycles. The maximum absolute atomic E-state index is 13.4. The van der Waals surface area contributed by atoms with Crippen LogP contribution < -0.4 is 11.1 Å². The number of carbonyl (C=O) groups excluding carboxylic acids is 1. The molecule has 1 heterocycles. The number of amides is 1. The normalized spacial score (nSPS) is 19.5. The third-order valence-electron chi connectivity index (χ3n) is 4.10. The first-order valence-electron chi connectivity index (χ1n) is 7.60. The van der Waals surface area contributed by atoms with Crippen molar-refractivity contribution in [2.75, 3.05) is 25.0 Å². The molecule has 0 aliphatic carbocycles. The minimum absolute atomic E-state index is 0.0837. The molecule has 0 aromatic heterocycles. The van der Waals surface area contributed by atoms with Crippen molar-refractivity contribution < 1.29 is 9.18 Å². The van der Waals surface area contributed by atoms with Crippen LogP contribution >= 0.6 is 0 Å². The summed E-state index contributed by atoms with van der Waals surface area (Å²) in [5, 5.41) is 2.75. The van der Waals surface area contributed by atoms with E-state index >= 15 is 0 Å². The minimum Gasteiger partial charge on any atom is -0.329 e. The van der Waals surface area contributed by atoms with Crippen LogP contribution in [0.4, 0.5) is 10.1 Å². The minimum atomic E-state index is -0.299. The van der Waals surface area contributed by atoms with E-state index in [1.807, 2.05) is 0 Å². The lowest BCUT2D eigenvalue weighted by Crippen LogP contribution is -2.45. The Kier molecular flexibility index (Phi) is 5.70. The van der Waals surface area contributed by atoms with Crippen LogP contribution in [0.3, 0.4) is 0 Å². The Balaban J connectivity index is 1.82. The SMILES string of the molecule is Cc1ccc(NC(=O)CCN2CCCCC2CN)cc1F. The Hall–Kier alpha value is -1.46. The van der Waals surface area contributed by atoms with Crippen LogP contribution in [-0.4, -0.2) is 36.5 Å². The van der Waals surface area contributed by atoms with Gasteiger partial charge in [-0.05, 0) is 44.0 Å². The molecule has 1 aliphatic rings. The molecule has 5 heteroatoms. The van der Waals surface area contributed by atoms with Crippen molar-refractivity contribution in [3.8, 4) is 0 Å². The van der Waals surface area contributed by atoms with Gasteiger partial charge in [0.05, 0.1) is 0 Å². The Morgan fingerprint density at radius 2 is 2.29 bits per heavy atom. The molecule has 1 amide bonds. The summed E-state index contributed by atoms with van der Waals surface area (Å²) in [7, 11) is 0. The van der Waals surface area contributed by atoms with Crippen LogP contribution in [-0.2, 0) is 4.79 Å². The van der Waals surface area contributed by atoms with E-state index < -0.39 is 0 Å². The quantitative estimate of drug-likeness (QED) is 0.875. The highest BCUT2D eigenvalue weighted by Crippen LogP contribution is 2.17. The summed E-state index contributed by atoms with van der Waals surface area (Å²) in [6.07, 6.45) is 3.90. The number of anilines is 1. The van der Waals surface area contributed by atoms with Gasteiger partial charge in [-0.15, -0.1) is 0 Å². The molecule has 4 nitrogen and oxygen atoms in total. The molecule has 1 unspecified atom stereocenters. The van der Waals surface area contributed by atoms with Gasteiger partial charge in [0.1, 0.15) is 5.82 Å². The van der Waals surface area contributed by atoms with Gasteiger partial charge in [-0.2, -0.15) is 0 Å². The number of benzene rings is 1. The lowest BCUT2D eigenvalue weighted by molar-refractivity contribution is -0.116. The molecule has 0 spiro atoms. The van der Waals surface area contributed by atoms with Gasteiger partial charge in [0.15, 0.2) is 0 Å². The number of carbonyl (C=O) groups is 1. The van der Waals surface area contributed by atoms with Crippen molar-refractivity contribution in [1.29, 1.82) is 0 Å². The molecule has 3 N–H and O–H groups in total. The second kappa shape index (κ2) is 7.52. The van der Waals surface area contributed by atoms with Crippen LogP contribution in [0.5, 0.6) is 0 Å². The topological polar surface area (TPSA) is 58.4 Å². The van der Waals surface area contributed by atoms with Crippen molar-refractivity contribution >= 4 is 11.6 Å². The number of rotatable bonds is 5. The Morgan fingerprint density at radius 1 is 1.48 bits per heavy atom. The number of hydrogen-bond donors (Lipinski definition) is 2. The average molecular weight is 293 g/mol. The third-order valence-corrected chi connectivity index (χ3v) is 4.10. The summed E-state index contributed by atoms with van der Waals surface area (Å²) < 4.78 is 13.4. The summed E-state index contributed by atoms with van der Waals surface area (Å²) in [6.45, 7) is 4.06. The molecule has 0 bridgehead atoms. The van der Waals surface area contributed by atoms with Gasteiger partial charge in [-0.1, -0.05) is 12.5 Å². The summed E-state index contributed by atoms with van der Waals surface area (Å²) in [5.74, 6) is -0.383. The highest BCUT2D eigenvalue weighted by molar-refractivity contribution is 5.90. The predicted octanol–water partition coefficient (Wildman–Crippen LogP) is 2.28. The van der Waals surface area contributed by atoms with Gasteiger partial charge < -0.3 is 11.1 Å². The van der Waals surface area contributed by atoms with E-state index in [2.05, 4.69) is 10.2 Å². The maximum Gasteiger partial charge on any atom is 0.225 e. The number of aryl methyl sites for hydroxylation is 1. The highest BCUT2D eigenvalue weighted by Gasteiger charge is 2.21. The average Bonchev–Trinajstić information content (AvgIpc) is 2.49. The number of hydrogen-bond acceptors (Lipinski definition) is 3. The summed E-state index contributed by atoms with van der Waals surface area (Å²) in [4.78, 5) is 14.2. The molecule has 0 saturated carbocycles. The largest absolute Gasteiger partial charge is 0.329 e. The zero-order valence-electron chi connectivity index (χ0n) is 12.6. The molecular weight excluding hydrogens is 269 g/mol. The lowest BCUT2D eigenvalue weighted by Gasteiger charge is -2.34. The maximum atomic E-state index is 13.4. The van der Waals surface area contributed by atoms with Crippen LogP contribution in [0, 0.1) is 12.7 Å². The zero-order valence-corrected chi connectivity index (χ0v) is 12.6. The zero-order chi connectivity index (χ0) is 15.2. The molecule has 1 atom stereocenters. The molecule has 116 valence electrons. The number of piperidine rings is 1. The first kappa shape index (κ1) is 15.9. The van der Waals surface area contributed by atoms with Crippen molar-refractivity contribution in [3.63, 3.8) is 0 Å². The van der Waals surface area contributed by atoms with E-state index in [9.17, 15) is 9.18 Å². The van der Waals surface area contributed by atoms with E-state index in [1.54, 1.807) is 19.1 Å². The number of halogens is 1. The fraction of sp³-hybridized carbons (Fsp3) is 0.562. The van der Waals surface area contributed by atoms with Crippen LogP contribution in [0.1, 0.15) is 31.2 Å². The smallest absolute Gasteiger partial charge is 0.225 e. The fourth-order valence-corrected chi connectivity index (χ4v) is 2.76. The molecule has 21 heavy (non-hydrogen) atoms. The fourth-order valence-electron chi connectivity index (χ4n) is 2.76. The van der Waals surface area contributed by atoms with E-state index in [0.717, 1.165) is 13.0 Å². The van der Waals surface area contributed by atoms with Crippen LogP contribution in [0.25, 0.3) is 0 Å². The van der Waals surface area contributed by atoms with Crippen LogP contribution in [0.15, 0.2) is 18.2 Å². The Bertz CT molecular complexity index is 492. The van der Waals surface area contributed by atoms with E-state index in [4.69, 9.17) is 5.73 Å².